The van der Waals surface area contributed by atoms with E-state index in [-0.39, 0.29) is 18.0 Å². The summed E-state index contributed by atoms with van der Waals surface area (Å²) in [5.74, 6) is -0.332. The van der Waals surface area contributed by atoms with E-state index >= 15 is 0 Å². The molecule has 1 aromatic heterocycles. The van der Waals surface area contributed by atoms with Gasteiger partial charge in [-0.2, -0.15) is 0 Å². The number of cyclic esters (lactones) is 1. The molecule has 5 nitrogen and oxygen atoms in total. The van der Waals surface area contributed by atoms with E-state index in [9.17, 15) is 9.59 Å². The summed E-state index contributed by atoms with van der Waals surface area (Å²) in [5.41, 5.74) is 5.37. The lowest BCUT2D eigenvalue weighted by molar-refractivity contribution is 0.0252. The first kappa shape index (κ1) is 18.9. The molecule has 0 fully saturated rings. The first-order chi connectivity index (χ1) is 15.7. The summed E-state index contributed by atoms with van der Waals surface area (Å²) in [6.45, 7) is 2.03. The van der Waals surface area contributed by atoms with Gasteiger partial charge in [-0.1, -0.05) is 48.5 Å². The molecule has 3 aromatic carbocycles. The molecule has 1 atom stereocenters. The Kier molecular flexibility index (Phi) is 4.35. The molecular formula is C27H22N2O3. The average molecular weight is 422 g/mol. The Hall–Kier alpha value is -3.86. The Bertz CT molecular complexity index is 1360. The van der Waals surface area contributed by atoms with E-state index in [1.807, 2.05) is 53.4 Å². The van der Waals surface area contributed by atoms with E-state index in [0.717, 1.165) is 23.4 Å². The van der Waals surface area contributed by atoms with Gasteiger partial charge >= 0.3 is 5.97 Å². The van der Waals surface area contributed by atoms with Gasteiger partial charge in [-0.25, -0.2) is 4.79 Å². The molecule has 0 N–H and O–H groups in total. The predicted octanol–water partition coefficient (Wildman–Crippen LogP) is 4.75. The predicted molar refractivity (Wildman–Crippen MR) is 121 cm³/mol. The van der Waals surface area contributed by atoms with Crippen molar-refractivity contribution >= 4 is 22.8 Å². The molecule has 0 aliphatic carbocycles. The van der Waals surface area contributed by atoms with Crippen LogP contribution < -0.4 is 0 Å². The molecule has 1 amide bonds. The van der Waals surface area contributed by atoms with Crippen LogP contribution in [0.4, 0.5) is 0 Å². The fourth-order valence-electron chi connectivity index (χ4n) is 4.90. The topological polar surface area (TPSA) is 51.5 Å². The van der Waals surface area contributed by atoms with Crippen LogP contribution in [0.1, 0.15) is 43.6 Å². The van der Waals surface area contributed by atoms with E-state index < -0.39 is 0 Å². The lowest BCUT2D eigenvalue weighted by Gasteiger charge is -2.30. The fraction of sp³-hybridized carbons (Fsp3) is 0.185. The van der Waals surface area contributed by atoms with E-state index in [0.29, 0.717) is 30.6 Å². The molecule has 5 heteroatoms. The zero-order valence-corrected chi connectivity index (χ0v) is 17.5. The van der Waals surface area contributed by atoms with Gasteiger partial charge in [-0.15, -0.1) is 0 Å². The summed E-state index contributed by atoms with van der Waals surface area (Å²) in [5, 5.41) is 1.20. The minimum Gasteiger partial charge on any atom is -0.454 e. The first-order valence-corrected chi connectivity index (χ1v) is 10.9. The molecule has 0 spiro atoms. The van der Waals surface area contributed by atoms with Crippen LogP contribution in [0, 0.1) is 0 Å². The van der Waals surface area contributed by atoms with E-state index in [1.165, 1.54) is 10.9 Å². The van der Waals surface area contributed by atoms with Crippen LogP contribution in [0.2, 0.25) is 0 Å². The number of hydrogen-bond acceptors (Lipinski definition) is 3. The summed E-state index contributed by atoms with van der Waals surface area (Å²) < 4.78 is 7.94. The highest BCUT2D eigenvalue weighted by Crippen LogP contribution is 2.32. The van der Waals surface area contributed by atoms with Crippen molar-refractivity contribution in [2.24, 2.45) is 0 Å². The molecule has 3 heterocycles. The van der Waals surface area contributed by atoms with E-state index in [1.54, 1.807) is 12.1 Å². The van der Waals surface area contributed by atoms with Gasteiger partial charge in [0, 0.05) is 36.3 Å². The van der Waals surface area contributed by atoms with Gasteiger partial charge in [-0.3, -0.25) is 4.79 Å². The monoisotopic (exact) mass is 422 g/mol. The number of ether oxygens (including phenoxy) is 1. The van der Waals surface area contributed by atoms with Crippen LogP contribution in [0.15, 0.2) is 78.9 Å². The van der Waals surface area contributed by atoms with Crippen molar-refractivity contribution in [2.75, 3.05) is 6.54 Å². The highest BCUT2D eigenvalue weighted by molar-refractivity contribution is 5.98. The van der Waals surface area contributed by atoms with Crippen LogP contribution in [-0.2, 0) is 24.2 Å². The number of aromatic nitrogens is 1. The first-order valence-electron chi connectivity index (χ1n) is 10.9. The SMILES string of the molecule is O=C1OC(c2ccccc2)Cc2cc(C(=O)N3CCn4c(cc5ccccc54)C3)ccc21. The molecule has 0 saturated carbocycles. The Morgan fingerprint density at radius 2 is 1.72 bits per heavy atom. The lowest BCUT2D eigenvalue weighted by atomic mass is 9.93. The van der Waals surface area contributed by atoms with E-state index in [2.05, 4.69) is 22.8 Å². The summed E-state index contributed by atoms with van der Waals surface area (Å²) in [4.78, 5) is 27.8. The third-order valence-corrected chi connectivity index (χ3v) is 6.53. The molecule has 0 bridgehead atoms. The molecule has 2 aliphatic rings. The van der Waals surface area contributed by atoms with Crippen LogP contribution in [-0.4, -0.2) is 27.9 Å². The molecule has 0 saturated heterocycles. The molecule has 6 rings (SSSR count). The quantitative estimate of drug-likeness (QED) is 0.438. The fourth-order valence-corrected chi connectivity index (χ4v) is 4.90. The van der Waals surface area contributed by atoms with Gasteiger partial charge in [0.25, 0.3) is 5.91 Å². The molecule has 2 aliphatic heterocycles. The molecule has 4 aromatic rings. The zero-order chi connectivity index (χ0) is 21.7. The maximum atomic E-state index is 13.3. The van der Waals surface area contributed by atoms with Crippen molar-refractivity contribution in [1.29, 1.82) is 0 Å². The second-order valence-corrected chi connectivity index (χ2v) is 8.45. The molecule has 158 valence electrons. The van der Waals surface area contributed by atoms with Crippen molar-refractivity contribution in [3.05, 3.63) is 107 Å². The Labute approximate surface area is 185 Å². The largest absolute Gasteiger partial charge is 0.454 e. The van der Waals surface area contributed by atoms with Crippen molar-refractivity contribution in [1.82, 2.24) is 9.47 Å². The number of carbonyl (C=O) groups is 2. The lowest BCUT2D eigenvalue weighted by Crippen LogP contribution is -2.38. The van der Waals surface area contributed by atoms with E-state index in [4.69, 9.17) is 4.74 Å². The van der Waals surface area contributed by atoms with Gasteiger partial charge in [-0.05, 0) is 46.8 Å². The van der Waals surface area contributed by atoms with Crippen LogP contribution in [0.25, 0.3) is 10.9 Å². The van der Waals surface area contributed by atoms with Gasteiger partial charge in [0.1, 0.15) is 6.10 Å². The number of nitrogens with zero attached hydrogens (tertiary/aromatic N) is 2. The number of carbonyl (C=O) groups excluding carboxylic acids is 2. The van der Waals surface area contributed by atoms with Gasteiger partial charge in [0.2, 0.25) is 0 Å². The number of hydrogen-bond donors (Lipinski definition) is 0. The maximum absolute atomic E-state index is 13.3. The van der Waals surface area contributed by atoms with Crippen molar-refractivity contribution < 1.29 is 14.3 Å². The molecule has 0 radical (unpaired) electrons. The van der Waals surface area contributed by atoms with Crippen LogP contribution in [0.3, 0.4) is 0 Å². The minimum atomic E-state index is -0.332. The van der Waals surface area contributed by atoms with Crippen molar-refractivity contribution in [2.45, 2.75) is 25.6 Å². The third-order valence-electron chi connectivity index (χ3n) is 6.53. The molecule has 1 unspecified atom stereocenters. The number of para-hydroxylation sites is 1. The summed E-state index contributed by atoms with van der Waals surface area (Å²) in [7, 11) is 0. The number of rotatable bonds is 2. The maximum Gasteiger partial charge on any atom is 0.339 e. The van der Waals surface area contributed by atoms with Gasteiger partial charge in [0.05, 0.1) is 12.1 Å². The van der Waals surface area contributed by atoms with Crippen LogP contribution >= 0.6 is 0 Å². The van der Waals surface area contributed by atoms with Crippen molar-refractivity contribution in [3.63, 3.8) is 0 Å². The van der Waals surface area contributed by atoms with Crippen molar-refractivity contribution in [3.8, 4) is 0 Å². The molecule has 32 heavy (non-hydrogen) atoms. The normalized spacial score (nSPS) is 17.6. The summed E-state index contributed by atoms with van der Waals surface area (Å²) in [6.07, 6.45) is 0.243. The van der Waals surface area contributed by atoms with Crippen LogP contribution in [0.5, 0.6) is 0 Å². The Morgan fingerprint density at radius 1 is 0.906 bits per heavy atom. The highest BCUT2D eigenvalue weighted by atomic mass is 16.5. The Balaban J connectivity index is 1.27. The number of fused-ring (bicyclic) bond motifs is 4. The zero-order valence-electron chi connectivity index (χ0n) is 17.5. The number of amides is 1. The highest BCUT2D eigenvalue weighted by Gasteiger charge is 2.29. The summed E-state index contributed by atoms with van der Waals surface area (Å²) in [6, 6.07) is 25.6. The molecular weight excluding hydrogens is 400 g/mol. The van der Waals surface area contributed by atoms with Gasteiger partial charge < -0.3 is 14.2 Å². The van der Waals surface area contributed by atoms with Gasteiger partial charge in [0.15, 0.2) is 0 Å². The minimum absolute atomic E-state index is 0.000456. The Morgan fingerprint density at radius 3 is 2.59 bits per heavy atom. The second kappa shape index (κ2) is 7.38. The standard InChI is InChI=1S/C27H22N2O3/c30-26(28-12-13-29-22(17-28)15-19-8-4-5-9-24(19)29)20-10-11-23-21(14-20)16-25(32-27(23)31)18-6-2-1-3-7-18/h1-11,14-15,25H,12-13,16-17H2. The third kappa shape index (κ3) is 3.09. The number of benzene rings is 3. The number of esters is 1. The average Bonchev–Trinajstić information content (AvgIpc) is 3.21. The smallest absolute Gasteiger partial charge is 0.339 e. The summed E-state index contributed by atoms with van der Waals surface area (Å²) >= 11 is 0. The second-order valence-electron chi connectivity index (χ2n) is 8.45.